The summed E-state index contributed by atoms with van der Waals surface area (Å²) < 4.78 is 51.9. The summed E-state index contributed by atoms with van der Waals surface area (Å²) in [6.07, 6.45) is 0.0402. The van der Waals surface area contributed by atoms with Crippen LogP contribution in [0, 0.1) is 5.82 Å². The van der Waals surface area contributed by atoms with Gasteiger partial charge in [-0.25, -0.2) is 12.8 Å². The summed E-state index contributed by atoms with van der Waals surface area (Å²) in [5, 5.41) is 3.17. The number of rotatable bonds is 5. The van der Waals surface area contributed by atoms with Gasteiger partial charge in [0.05, 0.1) is 17.2 Å². The Morgan fingerprint density at radius 3 is 2.47 bits per heavy atom. The Balaban J connectivity index is 1.53. The van der Waals surface area contributed by atoms with Crippen LogP contribution in [0.25, 0.3) is 0 Å². The molecule has 0 radical (unpaired) electrons. The number of hydrogen-bond donors (Lipinski definition) is 1. The van der Waals surface area contributed by atoms with Crippen molar-refractivity contribution in [3.63, 3.8) is 0 Å². The largest absolute Gasteiger partial charge is 0.381 e. The molecule has 32 heavy (non-hydrogen) atoms. The average Bonchev–Trinajstić information content (AvgIpc) is 2.80. The fourth-order valence-electron chi connectivity index (χ4n) is 4.09. The van der Waals surface area contributed by atoms with Crippen LogP contribution < -0.4 is 5.32 Å². The molecule has 4 rings (SSSR count). The average molecular weight is 483 g/mol. The van der Waals surface area contributed by atoms with E-state index < -0.39 is 27.6 Å². The van der Waals surface area contributed by atoms with Gasteiger partial charge in [-0.3, -0.25) is 4.79 Å². The number of amides is 1. The molecule has 0 aromatic heterocycles. The first-order valence-electron chi connectivity index (χ1n) is 10.3. The highest BCUT2D eigenvalue weighted by Gasteiger charge is 2.40. The predicted molar refractivity (Wildman–Crippen MR) is 116 cm³/mol. The lowest BCUT2D eigenvalue weighted by Gasteiger charge is -2.40. The fraction of sp³-hybridized carbons (Fsp3) is 0.409. The van der Waals surface area contributed by atoms with Crippen LogP contribution in [0.5, 0.6) is 0 Å². The molecule has 2 aromatic carbocycles. The van der Waals surface area contributed by atoms with Crippen LogP contribution in [-0.4, -0.2) is 57.6 Å². The molecular weight excluding hydrogens is 459 g/mol. The molecule has 0 spiro atoms. The molecule has 2 saturated heterocycles. The SMILES string of the molecule is O=C(NC1(c2ccc(F)cc2)CCOCC1)C1CN(S(=O)(=O)c2ccccc2Cl)CCO1. The lowest BCUT2D eigenvalue weighted by molar-refractivity contribution is -0.139. The summed E-state index contributed by atoms with van der Waals surface area (Å²) in [5.41, 5.74) is 0.0305. The van der Waals surface area contributed by atoms with Crippen molar-refractivity contribution < 1.29 is 27.1 Å². The number of carbonyl (C=O) groups excluding carboxylic acids is 1. The van der Waals surface area contributed by atoms with Gasteiger partial charge in [-0.1, -0.05) is 35.9 Å². The Hall–Kier alpha value is -2.04. The van der Waals surface area contributed by atoms with Crippen molar-refractivity contribution in [2.24, 2.45) is 0 Å². The van der Waals surface area contributed by atoms with Gasteiger partial charge in [0, 0.05) is 26.3 Å². The van der Waals surface area contributed by atoms with Gasteiger partial charge in [0.1, 0.15) is 16.8 Å². The van der Waals surface area contributed by atoms with Crippen molar-refractivity contribution in [2.45, 2.75) is 29.4 Å². The van der Waals surface area contributed by atoms with E-state index in [1.807, 2.05) is 0 Å². The molecule has 1 atom stereocenters. The second-order valence-corrected chi connectivity index (χ2v) is 10.2. The molecule has 2 aliphatic heterocycles. The minimum absolute atomic E-state index is 0.00469. The number of carbonyl (C=O) groups is 1. The molecule has 1 N–H and O–H groups in total. The van der Waals surface area contributed by atoms with Crippen molar-refractivity contribution >= 4 is 27.5 Å². The van der Waals surface area contributed by atoms with E-state index >= 15 is 0 Å². The third-order valence-corrected chi connectivity index (χ3v) is 8.25. The van der Waals surface area contributed by atoms with Crippen LogP contribution in [0.1, 0.15) is 18.4 Å². The van der Waals surface area contributed by atoms with E-state index in [1.165, 1.54) is 28.6 Å². The van der Waals surface area contributed by atoms with Crippen molar-refractivity contribution in [2.75, 3.05) is 32.9 Å². The first-order chi connectivity index (χ1) is 15.3. The number of sulfonamides is 1. The maximum atomic E-state index is 13.5. The highest BCUT2D eigenvalue weighted by atomic mass is 35.5. The minimum atomic E-state index is -3.88. The van der Waals surface area contributed by atoms with Crippen LogP contribution in [0.2, 0.25) is 5.02 Å². The van der Waals surface area contributed by atoms with Gasteiger partial charge in [-0.15, -0.1) is 0 Å². The predicted octanol–water partition coefficient (Wildman–Crippen LogP) is 2.69. The van der Waals surface area contributed by atoms with Crippen molar-refractivity contribution in [1.29, 1.82) is 0 Å². The van der Waals surface area contributed by atoms with Gasteiger partial charge >= 0.3 is 0 Å². The first kappa shape index (κ1) is 23.1. The number of nitrogens with one attached hydrogen (secondary N) is 1. The van der Waals surface area contributed by atoms with E-state index in [2.05, 4.69) is 5.32 Å². The third-order valence-electron chi connectivity index (χ3n) is 5.88. The van der Waals surface area contributed by atoms with Gasteiger partial charge in [0.2, 0.25) is 10.0 Å². The maximum Gasteiger partial charge on any atom is 0.251 e. The Kier molecular flexibility index (Phi) is 6.83. The summed E-state index contributed by atoms with van der Waals surface area (Å²) in [4.78, 5) is 13.2. The Bertz CT molecular complexity index is 1070. The van der Waals surface area contributed by atoms with E-state index in [0.29, 0.717) is 26.1 Å². The van der Waals surface area contributed by atoms with E-state index in [9.17, 15) is 17.6 Å². The lowest BCUT2D eigenvalue weighted by Crippen LogP contribution is -2.57. The van der Waals surface area contributed by atoms with E-state index in [4.69, 9.17) is 21.1 Å². The molecule has 1 unspecified atom stereocenters. The zero-order chi connectivity index (χ0) is 22.8. The molecule has 0 aliphatic carbocycles. The molecule has 2 fully saturated rings. The number of halogens is 2. The number of ether oxygens (including phenoxy) is 2. The Morgan fingerprint density at radius 1 is 1.09 bits per heavy atom. The van der Waals surface area contributed by atoms with Gasteiger partial charge in [-0.05, 0) is 42.7 Å². The lowest BCUT2D eigenvalue weighted by atomic mass is 9.82. The van der Waals surface area contributed by atoms with E-state index in [0.717, 1.165) is 5.56 Å². The number of hydrogen-bond acceptors (Lipinski definition) is 5. The van der Waals surface area contributed by atoms with Crippen LogP contribution in [0.15, 0.2) is 53.4 Å². The minimum Gasteiger partial charge on any atom is -0.381 e. The molecule has 2 aliphatic rings. The zero-order valence-corrected chi connectivity index (χ0v) is 18.9. The van der Waals surface area contributed by atoms with Gasteiger partial charge in [-0.2, -0.15) is 4.31 Å². The molecule has 0 bridgehead atoms. The number of morpholine rings is 1. The summed E-state index contributed by atoms with van der Waals surface area (Å²) in [5.74, 6) is -0.784. The number of nitrogens with zero attached hydrogens (tertiary/aromatic N) is 1. The van der Waals surface area contributed by atoms with Crippen LogP contribution in [0.3, 0.4) is 0 Å². The van der Waals surface area contributed by atoms with E-state index in [-0.39, 0.29) is 35.4 Å². The van der Waals surface area contributed by atoms with Crippen LogP contribution in [0.4, 0.5) is 4.39 Å². The Labute approximate surface area is 191 Å². The second-order valence-electron chi connectivity index (χ2n) is 7.84. The molecule has 0 saturated carbocycles. The molecule has 1 amide bonds. The zero-order valence-electron chi connectivity index (χ0n) is 17.3. The highest BCUT2D eigenvalue weighted by molar-refractivity contribution is 7.89. The topological polar surface area (TPSA) is 84.9 Å². The molecule has 10 heteroatoms. The Morgan fingerprint density at radius 2 is 1.78 bits per heavy atom. The quantitative estimate of drug-likeness (QED) is 0.708. The van der Waals surface area contributed by atoms with Crippen LogP contribution >= 0.6 is 11.6 Å². The summed E-state index contributed by atoms with van der Waals surface area (Å²) in [7, 11) is -3.88. The standard InChI is InChI=1S/C22H24ClFN2O5S/c23-18-3-1-2-4-20(18)32(28,29)26-11-14-31-19(15-26)21(27)25-22(9-12-30-13-10-22)16-5-7-17(24)8-6-16/h1-8,19H,9-15H2,(H,25,27). The summed E-state index contributed by atoms with van der Waals surface area (Å²) in [6.45, 7) is 0.949. The van der Waals surface area contributed by atoms with Crippen molar-refractivity contribution in [3.05, 3.63) is 64.9 Å². The summed E-state index contributed by atoms with van der Waals surface area (Å²) >= 11 is 6.10. The van der Waals surface area contributed by atoms with Gasteiger partial charge in [0.15, 0.2) is 0 Å². The van der Waals surface area contributed by atoms with Gasteiger partial charge in [0.25, 0.3) is 5.91 Å². The smallest absolute Gasteiger partial charge is 0.251 e. The van der Waals surface area contributed by atoms with Crippen molar-refractivity contribution in [3.8, 4) is 0 Å². The highest BCUT2D eigenvalue weighted by Crippen LogP contribution is 2.33. The molecule has 7 nitrogen and oxygen atoms in total. The van der Waals surface area contributed by atoms with Gasteiger partial charge < -0.3 is 14.8 Å². The van der Waals surface area contributed by atoms with Crippen LogP contribution in [-0.2, 0) is 29.8 Å². The van der Waals surface area contributed by atoms with Crippen molar-refractivity contribution in [1.82, 2.24) is 9.62 Å². The first-order valence-corrected chi connectivity index (χ1v) is 12.2. The molecule has 172 valence electrons. The third kappa shape index (κ3) is 4.67. The fourth-order valence-corrected chi connectivity index (χ4v) is 6.00. The molecule has 2 heterocycles. The second kappa shape index (κ2) is 9.44. The summed E-state index contributed by atoms with van der Waals surface area (Å²) in [6, 6.07) is 12.2. The van der Waals surface area contributed by atoms with E-state index in [1.54, 1.807) is 24.3 Å². The molecular formula is C22H24ClFN2O5S. The molecule has 2 aromatic rings. The number of benzene rings is 2. The normalized spacial score (nSPS) is 21.8. The monoisotopic (exact) mass is 482 g/mol. The maximum absolute atomic E-state index is 13.5.